The van der Waals surface area contributed by atoms with Crippen LogP contribution in [0.5, 0.6) is 5.75 Å². The molecule has 0 aliphatic carbocycles. The summed E-state index contributed by atoms with van der Waals surface area (Å²) in [6, 6.07) is 11.3. The SMILES string of the molecule is NC(=S)NN=Cc1cc(F)c(OCc2ccccc2)c(F)c1. The zero-order valence-corrected chi connectivity index (χ0v) is 12.2. The van der Waals surface area contributed by atoms with Gasteiger partial charge in [0.15, 0.2) is 22.5 Å². The number of nitrogens with one attached hydrogen (secondary N) is 1. The zero-order chi connectivity index (χ0) is 15.9. The predicted octanol–water partition coefficient (Wildman–Crippen LogP) is 2.71. The molecule has 2 aromatic rings. The second-order valence-corrected chi connectivity index (χ2v) is 4.76. The molecule has 0 radical (unpaired) electrons. The van der Waals surface area contributed by atoms with Crippen LogP contribution >= 0.6 is 12.2 Å². The molecule has 7 heteroatoms. The molecule has 0 amide bonds. The van der Waals surface area contributed by atoms with E-state index < -0.39 is 17.4 Å². The van der Waals surface area contributed by atoms with Crippen molar-refractivity contribution in [3.8, 4) is 5.75 Å². The molecule has 0 saturated carbocycles. The van der Waals surface area contributed by atoms with Crippen LogP contribution in [0.2, 0.25) is 0 Å². The first-order valence-electron chi connectivity index (χ1n) is 6.30. The number of rotatable bonds is 5. The molecule has 114 valence electrons. The van der Waals surface area contributed by atoms with Gasteiger partial charge in [-0.25, -0.2) is 8.78 Å². The Kier molecular flexibility index (Phi) is 5.37. The lowest BCUT2D eigenvalue weighted by molar-refractivity contribution is 0.274. The van der Waals surface area contributed by atoms with E-state index in [1.54, 1.807) is 12.1 Å². The van der Waals surface area contributed by atoms with E-state index in [9.17, 15) is 8.78 Å². The summed E-state index contributed by atoms with van der Waals surface area (Å²) in [5, 5.41) is 3.59. The Morgan fingerprint density at radius 2 is 1.86 bits per heavy atom. The van der Waals surface area contributed by atoms with E-state index in [-0.39, 0.29) is 17.3 Å². The van der Waals surface area contributed by atoms with Crippen molar-refractivity contribution in [2.24, 2.45) is 10.8 Å². The highest BCUT2D eigenvalue weighted by atomic mass is 32.1. The maximum absolute atomic E-state index is 13.9. The minimum Gasteiger partial charge on any atom is -0.483 e. The summed E-state index contributed by atoms with van der Waals surface area (Å²) in [4.78, 5) is 0. The summed E-state index contributed by atoms with van der Waals surface area (Å²) in [7, 11) is 0. The van der Waals surface area contributed by atoms with E-state index in [1.165, 1.54) is 6.21 Å². The molecule has 0 aliphatic heterocycles. The number of nitrogens with zero attached hydrogens (tertiary/aromatic N) is 1. The van der Waals surface area contributed by atoms with Crippen molar-refractivity contribution in [2.75, 3.05) is 0 Å². The van der Waals surface area contributed by atoms with Crippen LogP contribution in [0.4, 0.5) is 8.78 Å². The summed E-state index contributed by atoms with van der Waals surface area (Å²) in [6.07, 6.45) is 1.20. The van der Waals surface area contributed by atoms with Gasteiger partial charge in [0.2, 0.25) is 0 Å². The largest absolute Gasteiger partial charge is 0.483 e. The fourth-order valence-corrected chi connectivity index (χ4v) is 1.74. The molecule has 22 heavy (non-hydrogen) atoms. The highest BCUT2D eigenvalue weighted by Gasteiger charge is 2.12. The predicted molar refractivity (Wildman–Crippen MR) is 84.6 cm³/mol. The minimum atomic E-state index is -0.812. The standard InChI is InChI=1S/C15H13F2N3OS/c16-12-6-11(8-19-20-15(18)22)7-13(17)14(12)21-9-10-4-2-1-3-5-10/h1-8H,9H2,(H3,18,20,22). The molecule has 0 fully saturated rings. The van der Waals surface area contributed by atoms with Gasteiger partial charge in [0.25, 0.3) is 0 Å². The molecule has 0 saturated heterocycles. The first kappa shape index (κ1) is 15.8. The van der Waals surface area contributed by atoms with Crippen LogP contribution in [0, 0.1) is 11.6 Å². The van der Waals surface area contributed by atoms with Crippen molar-refractivity contribution in [3.05, 3.63) is 65.2 Å². The van der Waals surface area contributed by atoms with Crippen LogP contribution < -0.4 is 15.9 Å². The molecular formula is C15H13F2N3OS. The Morgan fingerprint density at radius 3 is 2.45 bits per heavy atom. The Hall–Kier alpha value is -2.54. The lowest BCUT2D eigenvalue weighted by Gasteiger charge is -2.09. The topological polar surface area (TPSA) is 59.6 Å². The Labute approximate surface area is 131 Å². The van der Waals surface area contributed by atoms with E-state index >= 15 is 0 Å². The quantitative estimate of drug-likeness (QED) is 0.505. The number of hydrazone groups is 1. The molecule has 0 unspecified atom stereocenters. The average molecular weight is 321 g/mol. The third-order valence-electron chi connectivity index (χ3n) is 2.63. The normalized spacial score (nSPS) is 10.6. The van der Waals surface area contributed by atoms with E-state index in [4.69, 9.17) is 10.5 Å². The maximum atomic E-state index is 13.9. The van der Waals surface area contributed by atoms with Gasteiger partial charge in [-0.15, -0.1) is 0 Å². The molecule has 0 atom stereocenters. The summed E-state index contributed by atoms with van der Waals surface area (Å²) in [5.41, 5.74) is 8.50. The summed E-state index contributed by atoms with van der Waals surface area (Å²) < 4.78 is 33.0. The van der Waals surface area contributed by atoms with E-state index in [0.717, 1.165) is 17.7 Å². The van der Waals surface area contributed by atoms with Gasteiger partial charge in [-0.3, -0.25) is 5.43 Å². The smallest absolute Gasteiger partial charge is 0.191 e. The summed E-state index contributed by atoms with van der Waals surface area (Å²) in [5.74, 6) is -2.05. The van der Waals surface area contributed by atoms with Crippen LogP contribution in [0.3, 0.4) is 0 Å². The third kappa shape index (κ3) is 4.49. The molecular weight excluding hydrogens is 308 g/mol. The van der Waals surface area contributed by atoms with E-state index in [1.807, 2.05) is 18.2 Å². The van der Waals surface area contributed by atoms with Crippen molar-refractivity contribution in [3.63, 3.8) is 0 Å². The monoisotopic (exact) mass is 321 g/mol. The Bertz CT molecular complexity index is 669. The molecule has 2 aromatic carbocycles. The van der Waals surface area contributed by atoms with Gasteiger partial charge in [-0.1, -0.05) is 30.3 Å². The first-order chi connectivity index (χ1) is 10.6. The van der Waals surface area contributed by atoms with Crippen molar-refractivity contribution < 1.29 is 13.5 Å². The number of benzene rings is 2. The minimum absolute atomic E-state index is 0.0417. The number of ether oxygens (including phenoxy) is 1. The summed E-state index contributed by atoms with van der Waals surface area (Å²) >= 11 is 4.55. The van der Waals surface area contributed by atoms with E-state index in [2.05, 4.69) is 22.7 Å². The number of thiocarbonyl (C=S) groups is 1. The maximum Gasteiger partial charge on any atom is 0.191 e. The molecule has 3 N–H and O–H groups in total. The van der Waals surface area contributed by atoms with Crippen molar-refractivity contribution in [2.45, 2.75) is 6.61 Å². The van der Waals surface area contributed by atoms with Crippen LogP contribution in [-0.4, -0.2) is 11.3 Å². The summed E-state index contributed by atoms with van der Waals surface area (Å²) in [6.45, 7) is 0.0745. The second kappa shape index (κ2) is 7.46. The number of hydrogen-bond acceptors (Lipinski definition) is 3. The van der Waals surface area contributed by atoms with Gasteiger partial charge < -0.3 is 10.5 Å². The van der Waals surface area contributed by atoms with Gasteiger partial charge in [0, 0.05) is 5.56 Å². The second-order valence-electron chi connectivity index (χ2n) is 4.32. The number of hydrogen-bond donors (Lipinski definition) is 2. The van der Waals surface area contributed by atoms with Crippen molar-refractivity contribution in [1.82, 2.24) is 5.43 Å². The highest BCUT2D eigenvalue weighted by molar-refractivity contribution is 7.80. The first-order valence-corrected chi connectivity index (χ1v) is 6.71. The van der Waals surface area contributed by atoms with Crippen molar-refractivity contribution in [1.29, 1.82) is 0 Å². The Morgan fingerprint density at radius 1 is 1.23 bits per heavy atom. The fraction of sp³-hybridized carbons (Fsp3) is 0.0667. The molecule has 2 rings (SSSR count). The number of nitrogens with two attached hydrogens (primary N) is 1. The molecule has 0 aliphatic rings. The van der Waals surface area contributed by atoms with Crippen LogP contribution in [0.25, 0.3) is 0 Å². The molecule has 0 spiro atoms. The van der Waals surface area contributed by atoms with Crippen molar-refractivity contribution >= 4 is 23.5 Å². The van der Waals surface area contributed by atoms with Gasteiger partial charge in [0.05, 0.1) is 6.21 Å². The lowest BCUT2D eigenvalue weighted by Crippen LogP contribution is -2.24. The molecule has 0 heterocycles. The highest BCUT2D eigenvalue weighted by Crippen LogP contribution is 2.23. The van der Waals surface area contributed by atoms with Gasteiger partial charge in [-0.05, 0) is 29.9 Å². The fourth-order valence-electron chi connectivity index (χ4n) is 1.69. The average Bonchev–Trinajstić information content (AvgIpc) is 2.47. The molecule has 4 nitrogen and oxygen atoms in total. The van der Waals surface area contributed by atoms with E-state index in [0.29, 0.717) is 0 Å². The van der Waals surface area contributed by atoms with Gasteiger partial charge >= 0.3 is 0 Å². The number of halogens is 2. The zero-order valence-electron chi connectivity index (χ0n) is 11.4. The van der Waals surface area contributed by atoms with Crippen LogP contribution in [-0.2, 0) is 6.61 Å². The third-order valence-corrected chi connectivity index (χ3v) is 2.73. The van der Waals surface area contributed by atoms with Gasteiger partial charge in [0.1, 0.15) is 6.61 Å². The van der Waals surface area contributed by atoms with Crippen LogP contribution in [0.1, 0.15) is 11.1 Å². The van der Waals surface area contributed by atoms with Gasteiger partial charge in [-0.2, -0.15) is 5.10 Å². The Balaban J connectivity index is 2.09. The molecule has 0 aromatic heterocycles. The van der Waals surface area contributed by atoms with Crippen LogP contribution in [0.15, 0.2) is 47.6 Å². The molecule has 0 bridgehead atoms. The lowest BCUT2D eigenvalue weighted by atomic mass is 10.2.